The highest BCUT2D eigenvalue weighted by Crippen LogP contribution is 2.27. The van der Waals surface area contributed by atoms with Gasteiger partial charge in [-0.05, 0) is 60.8 Å². The summed E-state index contributed by atoms with van der Waals surface area (Å²) >= 11 is 11.6. The van der Waals surface area contributed by atoms with Gasteiger partial charge in [0.05, 0.1) is 0 Å². The first-order chi connectivity index (χ1) is 18.0. The van der Waals surface area contributed by atoms with Gasteiger partial charge in [0.25, 0.3) is 0 Å². The van der Waals surface area contributed by atoms with E-state index in [0.717, 1.165) is 67.4 Å². The Morgan fingerprint density at radius 3 is 2.11 bits per heavy atom. The molecule has 0 radical (unpaired) electrons. The Hall–Kier alpha value is -3.10. The summed E-state index contributed by atoms with van der Waals surface area (Å²) in [6.07, 6.45) is 2.36. The summed E-state index contributed by atoms with van der Waals surface area (Å²) in [5.41, 5.74) is 2.37. The molecular weight excluding hydrogens is 502 g/mol. The van der Waals surface area contributed by atoms with Crippen molar-refractivity contribution in [2.24, 2.45) is 5.92 Å². The molecule has 9 heteroatoms. The average molecular weight is 536 g/mol. The minimum atomic E-state index is 0.499. The molecule has 2 aliphatic heterocycles. The van der Waals surface area contributed by atoms with Gasteiger partial charge in [-0.25, -0.2) is 0 Å². The second-order valence-electron chi connectivity index (χ2n) is 9.82. The van der Waals surface area contributed by atoms with Crippen LogP contribution in [0.2, 0.25) is 5.02 Å². The summed E-state index contributed by atoms with van der Waals surface area (Å²) in [4.78, 5) is 16.9. The molecule has 2 N–H and O–H groups in total. The predicted octanol–water partition coefficient (Wildman–Crippen LogP) is 5.18. The van der Waals surface area contributed by atoms with Gasteiger partial charge < -0.3 is 25.3 Å². The van der Waals surface area contributed by atoms with Gasteiger partial charge in [0.2, 0.25) is 5.95 Å². The molecule has 2 aromatic carbocycles. The largest absolute Gasteiger partial charge is 0.368 e. The Morgan fingerprint density at radius 2 is 1.46 bits per heavy atom. The van der Waals surface area contributed by atoms with Crippen molar-refractivity contribution in [3.63, 3.8) is 0 Å². The first-order valence-corrected chi connectivity index (χ1v) is 13.8. The van der Waals surface area contributed by atoms with E-state index in [-0.39, 0.29) is 0 Å². The molecule has 2 saturated heterocycles. The maximum atomic E-state index is 6.00. The van der Waals surface area contributed by atoms with Crippen molar-refractivity contribution in [3.8, 4) is 0 Å². The minimum absolute atomic E-state index is 0.499. The first kappa shape index (κ1) is 25.5. The van der Waals surface area contributed by atoms with Gasteiger partial charge in [0.15, 0.2) is 5.11 Å². The third-order valence-corrected chi connectivity index (χ3v) is 7.62. The lowest BCUT2D eigenvalue weighted by atomic mass is 9.99. The topological polar surface area (TPSA) is 59.6 Å². The lowest BCUT2D eigenvalue weighted by Crippen LogP contribution is -2.47. The average Bonchev–Trinajstić information content (AvgIpc) is 2.93. The fourth-order valence-corrected chi connectivity index (χ4v) is 5.09. The number of hydrogen-bond acceptors (Lipinski definition) is 6. The first-order valence-electron chi connectivity index (χ1n) is 13.0. The van der Waals surface area contributed by atoms with Crippen LogP contribution >= 0.6 is 23.8 Å². The SMILES string of the molecule is CC1CCN(c2cc(N3CCN(c4ccccc4)CC3)nc(NC(=S)NCc3ccc(Cl)cc3)n2)CC1. The summed E-state index contributed by atoms with van der Waals surface area (Å²) in [5, 5.41) is 7.71. The number of nitrogens with one attached hydrogen (secondary N) is 2. The van der Waals surface area contributed by atoms with Crippen LogP contribution in [0.1, 0.15) is 25.3 Å². The van der Waals surface area contributed by atoms with Crippen LogP contribution in [-0.2, 0) is 6.54 Å². The molecule has 0 unspecified atom stereocenters. The van der Waals surface area contributed by atoms with Crippen LogP contribution in [-0.4, -0.2) is 54.3 Å². The van der Waals surface area contributed by atoms with Crippen LogP contribution < -0.4 is 25.3 Å². The van der Waals surface area contributed by atoms with Crippen molar-refractivity contribution in [1.82, 2.24) is 15.3 Å². The Bertz CT molecular complexity index is 1170. The second-order valence-corrected chi connectivity index (χ2v) is 10.7. The van der Waals surface area contributed by atoms with Crippen LogP contribution in [0.5, 0.6) is 0 Å². The predicted molar refractivity (Wildman–Crippen MR) is 158 cm³/mol. The summed E-state index contributed by atoms with van der Waals surface area (Å²) in [7, 11) is 0. The number of benzene rings is 2. The maximum absolute atomic E-state index is 6.00. The van der Waals surface area contributed by atoms with Gasteiger partial charge in [-0.15, -0.1) is 0 Å². The molecule has 5 rings (SSSR count). The molecule has 7 nitrogen and oxygen atoms in total. The number of para-hydroxylation sites is 1. The number of anilines is 4. The van der Waals surface area contributed by atoms with Gasteiger partial charge in [-0.2, -0.15) is 9.97 Å². The zero-order chi connectivity index (χ0) is 25.6. The fraction of sp³-hybridized carbons (Fsp3) is 0.393. The molecule has 0 atom stereocenters. The Labute approximate surface area is 229 Å². The molecule has 2 fully saturated rings. The lowest BCUT2D eigenvalue weighted by Gasteiger charge is -2.37. The van der Waals surface area contributed by atoms with E-state index in [1.54, 1.807) is 0 Å². The number of thiocarbonyl (C=S) groups is 1. The number of piperazine rings is 1. The normalized spacial score (nSPS) is 16.5. The van der Waals surface area contributed by atoms with Crippen molar-refractivity contribution in [2.45, 2.75) is 26.3 Å². The fourth-order valence-electron chi connectivity index (χ4n) is 4.80. The van der Waals surface area contributed by atoms with E-state index in [1.165, 1.54) is 18.5 Å². The molecule has 3 aromatic rings. The standard InChI is InChI=1S/C28H34ClN7S/c1-21-11-13-35(14-12-21)25-19-26(36-17-15-34(16-18-36)24-5-3-2-4-6-24)32-27(31-25)33-28(37)30-20-22-7-9-23(29)10-8-22/h2-10,19,21H,11-18,20H2,1H3,(H2,30,31,32,33,37). The molecule has 0 saturated carbocycles. The highest BCUT2D eigenvalue weighted by molar-refractivity contribution is 7.80. The number of halogens is 1. The molecule has 37 heavy (non-hydrogen) atoms. The Kier molecular flexibility index (Phi) is 8.26. The van der Waals surface area contributed by atoms with Crippen LogP contribution in [0.4, 0.5) is 23.3 Å². The second kappa shape index (κ2) is 12.0. The van der Waals surface area contributed by atoms with E-state index in [0.29, 0.717) is 17.6 Å². The number of aromatic nitrogens is 2. The molecule has 0 amide bonds. The monoisotopic (exact) mass is 535 g/mol. The zero-order valence-electron chi connectivity index (χ0n) is 21.2. The summed E-state index contributed by atoms with van der Waals surface area (Å²) in [6, 6.07) is 20.5. The van der Waals surface area contributed by atoms with Gasteiger partial charge >= 0.3 is 0 Å². The van der Waals surface area contributed by atoms with E-state index in [4.69, 9.17) is 33.8 Å². The summed E-state index contributed by atoms with van der Waals surface area (Å²) < 4.78 is 0. The van der Waals surface area contributed by atoms with Gasteiger partial charge in [0.1, 0.15) is 11.6 Å². The Balaban J connectivity index is 1.29. The van der Waals surface area contributed by atoms with Gasteiger partial charge in [-0.3, -0.25) is 0 Å². The van der Waals surface area contributed by atoms with E-state index in [1.807, 2.05) is 24.3 Å². The number of piperidine rings is 1. The molecule has 194 valence electrons. The third kappa shape index (κ3) is 6.81. The van der Waals surface area contributed by atoms with Crippen molar-refractivity contribution in [1.29, 1.82) is 0 Å². The highest BCUT2D eigenvalue weighted by atomic mass is 35.5. The van der Waals surface area contributed by atoms with Crippen LogP contribution in [0.3, 0.4) is 0 Å². The van der Waals surface area contributed by atoms with Crippen LogP contribution in [0.15, 0.2) is 60.7 Å². The molecule has 0 aliphatic carbocycles. The van der Waals surface area contributed by atoms with E-state index in [9.17, 15) is 0 Å². The van der Waals surface area contributed by atoms with Crippen molar-refractivity contribution in [2.75, 3.05) is 59.3 Å². The number of nitrogens with zero attached hydrogens (tertiary/aromatic N) is 5. The summed E-state index contributed by atoms with van der Waals surface area (Å²) in [6.45, 7) is 8.66. The number of hydrogen-bond donors (Lipinski definition) is 2. The van der Waals surface area contributed by atoms with E-state index >= 15 is 0 Å². The molecule has 1 aromatic heterocycles. The molecule has 0 spiro atoms. The van der Waals surface area contributed by atoms with Crippen molar-refractivity contribution < 1.29 is 0 Å². The van der Waals surface area contributed by atoms with Crippen LogP contribution in [0, 0.1) is 5.92 Å². The maximum Gasteiger partial charge on any atom is 0.232 e. The van der Waals surface area contributed by atoms with E-state index in [2.05, 4.69) is 68.7 Å². The quantitative estimate of drug-likeness (QED) is 0.419. The molecular formula is C28H34ClN7S. The van der Waals surface area contributed by atoms with Crippen molar-refractivity contribution in [3.05, 3.63) is 71.2 Å². The Morgan fingerprint density at radius 1 is 0.865 bits per heavy atom. The summed E-state index contributed by atoms with van der Waals surface area (Å²) in [5.74, 6) is 3.20. The molecule has 3 heterocycles. The van der Waals surface area contributed by atoms with Crippen molar-refractivity contribution >= 4 is 52.2 Å². The number of rotatable bonds is 6. The smallest absolute Gasteiger partial charge is 0.232 e. The zero-order valence-corrected chi connectivity index (χ0v) is 22.8. The van der Waals surface area contributed by atoms with Crippen LogP contribution in [0.25, 0.3) is 0 Å². The van der Waals surface area contributed by atoms with E-state index < -0.39 is 0 Å². The molecule has 2 aliphatic rings. The third-order valence-electron chi connectivity index (χ3n) is 7.12. The minimum Gasteiger partial charge on any atom is -0.368 e. The lowest BCUT2D eigenvalue weighted by molar-refractivity contribution is 0.436. The molecule has 0 bridgehead atoms. The highest BCUT2D eigenvalue weighted by Gasteiger charge is 2.23. The van der Waals surface area contributed by atoms with Gasteiger partial charge in [0, 0.05) is 62.6 Å². The van der Waals surface area contributed by atoms with Gasteiger partial charge in [-0.1, -0.05) is 48.9 Å².